The van der Waals surface area contributed by atoms with Crippen molar-refractivity contribution < 1.29 is 9.90 Å². The van der Waals surface area contributed by atoms with Crippen LogP contribution in [0.15, 0.2) is 24.3 Å². The van der Waals surface area contributed by atoms with E-state index in [1.54, 1.807) is 6.92 Å². The predicted molar refractivity (Wildman–Crippen MR) is 64.5 cm³/mol. The van der Waals surface area contributed by atoms with Crippen molar-refractivity contribution in [2.24, 2.45) is 5.73 Å². The van der Waals surface area contributed by atoms with Crippen molar-refractivity contribution in [3.63, 3.8) is 0 Å². The summed E-state index contributed by atoms with van der Waals surface area (Å²) in [6, 6.07) is 7.67. The van der Waals surface area contributed by atoms with Crippen LogP contribution < -0.4 is 5.73 Å². The number of aliphatic carboxylic acids is 1. The normalized spacial score (nSPS) is 14.4. The molecular weight excluding hydrogens is 202 g/mol. The maximum absolute atomic E-state index is 11.4. The van der Waals surface area contributed by atoms with Gasteiger partial charge in [0.2, 0.25) is 0 Å². The van der Waals surface area contributed by atoms with E-state index >= 15 is 0 Å². The smallest absolute Gasteiger partial charge is 0.313 e. The van der Waals surface area contributed by atoms with Crippen molar-refractivity contribution in [1.82, 2.24) is 0 Å². The first-order valence-corrected chi connectivity index (χ1v) is 5.51. The van der Waals surface area contributed by atoms with E-state index in [9.17, 15) is 9.90 Å². The van der Waals surface area contributed by atoms with E-state index in [1.165, 1.54) is 0 Å². The van der Waals surface area contributed by atoms with Crippen molar-refractivity contribution >= 4 is 5.97 Å². The third-order valence-corrected chi connectivity index (χ3v) is 3.01. The first-order chi connectivity index (χ1) is 7.50. The fourth-order valence-electron chi connectivity index (χ4n) is 1.82. The topological polar surface area (TPSA) is 63.3 Å². The zero-order valence-corrected chi connectivity index (χ0v) is 9.86. The maximum atomic E-state index is 11.4. The molecule has 0 aliphatic carbocycles. The molecule has 1 rings (SSSR count). The summed E-state index contributed by atoms with van der Waals surface area (Å²) in [6.45, 7) is 4.25. The Bertz CT molecular complexity index is 376. The highest BCUT2D eigenvalue weighted by Gasteiger charge is 2.34. The minimum Gasteiger partial charge on any atom is -0.481 e. The first kappa shape index (κ1) is 12.7. The molecule has 0 saturated carbocycles. The monoisotopic (exact) mass is 221 g/mol. The zero-order chi connectivity index (χ0) is 12.2. The molecule has 0 saturated heterocycles. The Balaban J connectivity index is 3.06. The average molecular weight is 221 g/mol. The van der Waals surface area contributed by atoms with Gasteiger partial charge >= 0.3 is 5.97 Å². The Morgan fingerprint density at radius 2 is 2.19 bits per heavy atom. The third kappa shape index (κ3) is 2.61. The van der Waals surface area contributed by atoms with E-state index in [0.29, 0.717) is 13.0 Å². The molecule has 0 amide bonds. The van der Waals surface area contributed by atoms with Crippen LogP contribution in [0, 0.1) is 6.92 Å². The van der Waals surface area contributed by atoms with Crippen LogP contribution in [0.3, 0.4) is 0 Å². The van der Waals surface area contributed by atoms with Crippen molar-refractivity contribution in [2.75, 3.05) is 6.54 Å². The number of hydrogen-bond acceptors (Lipinski definition) is 2. The van der Waals surface area contributed by atoms with Crippen molar-refractivity contribution in [3.8, 4) is 0 Å². The second-order valence-corrected chi connectivity index (χ2v) is 4.40. The number of carbonyl (C=O) groups is 1. The number of carboxylic acid groups (broad SMARTS) is 1. The molecule has 0 aliphatic heterocycles. The van der Waals surface area contributed by atoms with Gasteiger partial charge in [-0.25, -0.2) is 0 Å². The van der Waals surface area contributed by atoms with Gasteiger partial charge in [-0.05, 0) is 38.8 Å². The molecule has 1 aromatic carbocycles. The number of benzene rings is 1. The molecular formula is C13H19NO2. The van der Waals surface area contributed by atoms with E-state index in [0.717, 1.165) is 17.5 Å². The number of aryl methyl sites for hydroxylation is 1. The second-order valence-electron chi connectivity index (χ2n) is 4.40. The van der Waals surface area contributed by atoms with Gasteiger partial charge in [0.15, 0.2) is 0 Å². The minimum absolute atomic E-state index is 0.523. The number of hydrogen-bond donors (Lipinski definition) is 2. The molecule has 0 heterocycles. The fraction of sp³-hybridized carbons (Fsp3) is 0.462. The van der Waals surface area contributed by atoms with Gasteiger partial charge in [-0.1, -0.05) is 29.8 Å². The van der Waals surface area contributed by atoms with E-state index < -0.39 is 11.4 Å². The molecule has 0 bridgehead atoms. The largest absolute Gasteiger partial charge is 0.481 e. The minimum atomic E-state index is -0.828. The zero-order valence-electron chi connectivity index (χ0n) is 9.86. The van der Waals surface area contributed by atoms with Crippen LogP contribution in [0.5, 0.6) is 0 Å². The molecule has 88 valence electrons. The molecule has 1 aromatic rings. The lowest BCUT2D eigenvalue weighted by Gasteiger charge is -2.25. The molecule has 3 N–H and O–H groups in total. The van der Waals surface area contributed by atoms with Crippen LogP contribution in [-0.4, -0.2) is 17.6 Å². The summed E-state index contributed by atoms with van der Waals surface area (Å²) >= 11 is 0. The van der Waals surface area contributed by atoms with Crippen LogP contribution in [0.4, 0.5) is 0 Å². The van der Waals surface area contributed by atoms with Gasteiger partial charge in [-0.15, -0.1) is 0 Å². The van der Waals surface area contributed by atoms with Crippen LogP contribution >= 0.6 is 0 Å². The number of nitrogens with two attached hydrogens (primary N) is 1. The van der Waals surface area contributed by atoms with Crippen molar-refractivity contribution in [3.05, 3.63) is 35.4 Å². The molecule has 0 spiro atoms. The molecule has 1 unspecified atom stereocenters. The molecule has 3 nitrogen and oxygen atoms in total. The highest BCUT2D eigenvalue weighted by Crippen LogP contribution is 2.29. The first-order valence-electron chi connectivity index (χ1n) is 5.51. The molecule has 0 aliphatic rings. The van der Waals surface area contributed by atoms with E-state index in [-0.39, 0.29) is 0 Å². The van der Waals surface area contributed by atoms with Gasteiger partial charge in [-0.3, -0.25) is 4.79 Å². The standard InChI is InChI=1S/C13H19NO2/c1-10-5-3-6-11(9-10)13(2,12(15)16)7-4-8-14/h3,5-6,9H,4,7-8,14H2,1-2H3,(H,15,16). The molecule has 0 radical (unpaired) electrons. The van der Waals surface area contributed by atoms with Crippen molar-refractivity contribution in [2.45, 2.75) is 32.1 Å². The summed E-state index contributed by atoms with van der Waals surface area (Å²) < 4.78 is 0. The molecule has 0 aromatic heterocycles. The second kappa shape index (κ2) is 5.12. The lowest BCUT2D eigenvalue weighted by molar-refractivity contribution is -0.143. The molecule has 1 atom stereocenters. The Morgan fingerprint density at radius 1 is 1.50 bits per heavy atom. The highest BCUT2D eigenvalue weighted by atomic mass is 16.4. The Kier molecular flexibility index (Phi) is 4.07. The maximum Gasteiger partial charge on any atom is 0.313 e. The molecule has 16 heavy (non-hydrogen) atoms. The van der Waals surface area contributed by atoms with E-state index in [4.69, 9.17) is 5.73 Å². The van der Waals surface area contributed by atoms with Crippen molar-refractivity contribution in [1.29, 1.82) is 0 Å². The quantitative estimate of drug-likeness (QED) is 0.800. The van der Waals surface area contributed by atoms with Gasteiger partial charge in [0, 0.05) is 0 Å². The summed E-state index contributed by atoms with van der Waals surface area (Å²) in [6.07, 6.45) is 1.29. The third-order valence-electron chi connectivity index (χ3n) is 3.01. The summed E-state index contributed by atoms with van der Waals surface area (Å²) in [5, 5.41) is 9.36. The van der Waals surface area contributed by atoms with E-state index in [2.05, 4.69) is 0 Å². The fourth-order valence-corrected chi connectivity index (χ4v) is 1.82. The Hall–Kier alpha value is -1.35. The molecule has 0 fully saturated rings. The average Bonchev–Trinajstić information content (AvgIpc) is 2.25. The van der Waals surface area contributed by atoms with Gasteiger partial charge in [0.25, 0.3) is 0 Å². The highest BCUT2D eigenvalue weighted by molar-refractivity contribution is 5.80. The number of rotatable bonds is 5. The summed E-state index contributed by atoms with van der Waals surface area (Å²) in [5.74, 6) is -0.786. The summed E-state index contributed by atoms with van der Waals surface area (Å²) in [5.41, 5.74) is 6.56. The lowest BCUT2D eigenvalue weighted by Crippen LogP contribution is -2.33. The van der Waals surface area contributed by atoms with Gasteiger partial charge in [0.1, 0.15) is 0 Å². The summed E-state index contributed by atoms with van der Waals surface area (Å²) in [7, 11) is 0. The number of carboxylic acids is 1. The van der Waals surface area contributed by atoms with Gasteiger partial charge in [-0.2, -0.15) is 0 Å². The SMILES string of the molecule is Cc1cccc(C(C)(CCCN)C(=O)O)c1. The van der Waals surface area contributed by atoms with Crippen LogP contribution in [0.2, 0.25) is 0 Å². The lowest BCUT2D eigenvalue weighted by atomic mass is 9.78. The Morgan fingerprint density at radius 3 is 2.69 bits per heavy atom. The van der Waals surface area contributed by atoms with Crippen LogP contribution in [0.1, 0.15) is 30.9 Å². The molecule has 3 heteroatoms. The van der Waals surface area contributed by atoms with E-state index in [1.807, 2.05) is 31.2 Å². The van der Waals surface area contributed by atoms with Crippen LogP contribution in [0.25, 0.3) is 0 Å². The van der Waals surface area contributed by atoms with Gasteiger partial charge in [0.05, 0.1) is 5.41 Å². The predicted octanol–water partition coefficient (Wildman–Crippen LogP) is 2.08. The van der Waals surface area contributed by atoms with Crippen LogP contribution in [-0.2, 0) is 10.2 Å². The Labute approximate surface area is 96.3 Å². The summed E-state index contributed by atoms with van der Waals surface area (Å²) in [4.78, 5) is 11.4. The van der Waals surface area contributed by atoms with Gasteiger partial charge < -0.3 is 10.8 Å².